The number of aliphatic hydroxyl groups is 1. The van der Waals surface area contributed by atoms with Crippen LogP contribution in [-0.2, 0) is 9.53 Å². The summed E-state index contributed by atoms with van der Waals surface area (Å²) in [7, 11) is 0. The van der Waals surface area contributed by atoms with Crippen molar-refractivity contribution >= 4 is 40.2 Å². The number of fused-ring (bicyclic) bond motifs is 1. The lowest BCUT2D eigenvalue weighted by molar-refractivity contribution is -0.127. The highest BCUT2D eigenvalue weighted by Crippen LogP contribution is 2.28. The molecule has 37 heavy (non-hydrogen) atoms. The Bertz CT molecular complexity index is 1230. The van der Waals surface area contributed by atoms with E-state index in [0.717, 1.165) is 59.5 Å². The molecule has 5 rings (SSSR count). The number of halogens is 1. The molecule has 1 amide bonds. The highest BCUT2D eigenvalue weighted by Gasteiger charge is 2.27. The number of hydrogen-bond donors (Lipinski definition) is 4. The fraction of sp³-hybridized carbons (Fsp3) is 0.481. The van der Waals surface area contributed by atoms with E-state index in [1.165, 1.54) is 0 Å². The quantitative estimate of drug-likeness (QED) is 0.334. The van der Waals surface area contributed by atoms with Crippen LogP contribution < -0.4 is 16.0 Å². The topological polar surface area (TPSA) is 121 Å². The lowest BCUT2D eigenvalue weighted by Crippen LogP contribution is -2.50. The number of aromatic nitrogens is 3. The van der Waals surface area contributed by atoms with Gasteiger partial charge >= 0.3 is 0 Å². The van der Waals surface area contributed by atoms with E-state index in [4.69, 9.17) is 21.3 Å². The second-order valence-corrected chi connectivity index (χ2v) is 10.5. The van der Waals surface area contributed by atoms with Gasteiger partial charge in [-0.25, -0.2) is 15.0 Å². The standard InChI is InChI=1S/C27H33ClN6O3/c1-16-8-24-18(9-23(16)28)4-7-25(34-24)32-20-5-2-17(3-6-20)10-29-27-30-11-19(12-31-27)22(13-35)26(36)33-21-14-37-15-21/h4,7-9,11-12,17,20-22,35H,2-3,5-6,10,13-15H2,1H3,(H,32,34)(H,33,36)(H,29,30,31). The van der Waals surface area contributed by atoms with Crippen LogP contribution in [0.2, 0.25) is 5.02 Å². The van der Waals surface area contributed by atoms with Crippen LogP contribution in [0.15, 0.2) is 36.7 Å². The number of rotatable bonds is 9. The van der Waals surface area contributed by atoms with Gasteiger partial charge in [-0.05, 0) is 68.4 Å². The van der Waals surface area contributed by atoms with Gasteiger partial charge in [-0.15, -0.1) is 0 Å². The fourth-order valence-electron chi connectivity index (χ4n) is 4.85. The number of nitrogens with one attached hydrogen (secondary N) is 3. The number of nitrogens with zero attached hydrogens (tertiary/aromatic N) is 3. The molecule has 0 bridgehead atoms. The van der Waals surface area contributed by atoms with Gasteiger partial charge in [0.25, 0.3) is 0 Å². The lowest BCUT2D eigenvalue weighted by Gasteiger charge is -2.29. The minimum Gasteiger partial charge on any atom is -0.395 e. The number of aryl methyl sites for hydroxylation is 1. The third-order valence-electron chi connectivity index (χ3n) is 7.27. The molecule has 1 saturated heterocycles. The monoisotopic (exact) mass is 524 g/mol. The number of ether oxygens (including phenoxy) is 1. The molecule has 3 aromatic rings. The first-order valence-electron chi connectivity index (χ1n) is 12.9. The highest BCUT2D eigenvalue weighted by atomic mass is 35.5. The molecule has 2 aromatic heterocycles. The zero-order valence-electron chi connectivity index (χ0n) is 20.9. The van der Waals surface area contributed by atoms with E-state index in [1.807, 2.05) is 25.1 Å². The van der Waals surface area contributed by atoms with Crippen molar-refractivity contribution in [3.63, 3.8) is 0 Å². The molecule has 1 aliphatic heterocycles. The maximum atomic E-state index is 12.4. The molecular weight excluding hydrogens is 492 g/mol. The Kier molecular flexibility index (Phi) is 8.02. The highest BCUT2D eigenvalue weighted by molar-refractivity contribution is 6.32. The summed E-state index contributed by atoms with van der Waals surface area (Å²) in [5.74, 6) is 1.06. The maximum Gasteiger partial charge on any atom is 0.230 e. The summed E-state index contributed by atoms with van der Waals surface area (Å²) in [6.07, 6.45) is 7.57. The molecule has 1 aliphatic carbocycles. The molecule has 10 heteroatoms. The van der Waals surface area contributed by atoms with Gasteiger partial charge in [-0.2, -0.15) is 0 Å². The van der Waals surface area contributed by atoms with Crippen LogP contribution in [0.1, 0.15) is 42.7 Å². The predicted molar refractivity (Wildman–Crippen MR) is 144 cm³/mol. The second kappa shape index (κ2) is 11.6. The van der Waals surface area contributed by atoms with E-state index in [9.17, 15) is 9.90 Å². The number of carbonyl (C=O) groups excluding carboxylic acids is 1. The van der Waals surface area contributed by atoms with E-state index in [1.54, 1.807) is 12.4 Å². The summed E-state index contributed by atoms with van der Waals surface area (Å²) < 4.78 is 5.08. The summed E-state index contributed by atoms with van der Waals surface area (Å²) in [5.41, 5.74) is 2.58. The molecule has 4 N–H and O–H groups in total. The normalized spacial score (nSPS) is 20.7. The van der Waals surface area contributed by atoms with Crippen molar-refractivity contribution in [1.82, 2.24) is 20.3 Å². The van der Waals surface area contributed by atoms with Gasteiger partial charge in [0.15, 0.2) is 0 Å². The van der Waals surface area contributed by atoms with Crippen LogP contribution in [0.5, 0.6) is 0 Å². The molecule has 3 heterocycles. The Morgan fingerprint density at radius 2 is 1.89 bits per heavy atom. The first kappa shape index (κ1) is 25.6. The van der Waals surface area contributed by atoms with Gasteiger partial charge in [-0.1, -0.05) is 11.6 Å². The average Bonchev–Trinajstić information content (AvgIpc) is 2.88. The Morgan fingerprint density at radius 1 is 1.14 bits per heavy atom. The number of pyridine rings is 1. The van der Waals surface area contributed by atoms with Crippen LogP contribution in [0.3, 0.4) is 0 Å². The van der Waals surface area contributed by atoms with Crippen molar-refractivity contribution in [1.29, 1.82) is 0 Å². The molecule has 1 atom stereocenters. The van der Waals surface area contributed by atoms with Gasteiger partial charge < -0.3 is 25.8 Å². The number of aliphatic hydroxyl groups excluding tert-OH is 1. The van der Waals surface area contributed by atoms with Gasteiger partial charge in [-0.3, -0.25) is 4.79 Å². The zero-order chi connectivity index (χ0) is 25.8. The SMILES string of the molecule is Cc1cc2nc(NC3CCC(CNc4ncc(C(CO)C(=O)NC5COC5)cn4)CC3)ccc2cc1Cl. The number of carbonyl (C=O) groups is 1. The summed E-state index contributed by atoms with van der Waals surface area (Å²) in [5, 5.41) is 21.3. The van der Waals surface area contributed by atoms with E-state index in [-0.39, 0.29) is 18.6 Å². The van der Waals surface area contributed by atoms with Crippen molar-refractivity contribution in [3.8, 4) is 0 Å². The molecule has 1 unspecified atom stereocenters. The van der Waals surface area contributed by atoms with Crippen LogP contribution >= 0.6 is 11.6 Å². The van der Waals surface area contributed by atoms with Crippen molar-refractivity contribution < 1.29 is 14.6 Å². The van der Waals surface area contributed by atoms with Crippen molar-refractivity contribution in [2.75, 3.05) is 37.0 Å². The van der Waals surface area contributed by atoms with E-state index in [0.29, 0.717) is 36.7 Å². The number of anilines is 2. The zero-order valence-corrected chi connectivity index (χ0v) is 21.7. The lowest BCUT2D eigenvalue weighted by atomic mass is 9.86. The molecule has 0 radical (unpaired) electrons. The fourth-order valence-corrected chi connectivity index (χ4v) is 5.03. The van der Waals surface area contributed by atoms with Gasteiger partial charge in [0.1, 0.15) is 5.82 Å². The third-order valence-corrected chi connectivity index (χ3v) is 7.68. The summed E-state index contributed by atoms with van der Waals surface area (Å²) in [4.78, 5) is 25.9. The molecular formula is C27H33ClN6O3. The third kappa shape index (κ3) is 6.29. The Morgan fingerprint density at radius 3 is 2.57 bits per heavy atom. The smallest absolute Gasteiger partial charge is 0.230 e. The number of amides is 1. The molecule has 1 aromatic carbocycles. The summed E-state index contributed by atoms with van der Waals surface area (Å²) >= 11 is 6.24. The minimum atomic E-state index is -0.684. The largest absolute Gasteiger partial charge is 0.395 e. The molecule has 196 valence electrons. The Balaban J connectivity index is 1.08. The Hall–Kier alpha value is -3.01. The molecule has 0 spiro atoms. The molecule has 2 aliphatic rings. The van der Waals surface area contributed by atoms with Crippen LogP contribution in [-0.4, -0.2) is 64.4 Å². The number of benzene rings is 1. The molecule has 1 saturated carbocycles. The van der Waals surface area contributed by atoms with E-state index < -0.39 is 5.92 Å². The van der Waals surface area contributed by atoms with Crippen molar-refractivity contribution in [2.24, 2.45) is 5.92 Å². The van der Waals surface area contributed by atoms with E-state index in [2.05, 4.69) is 32.0 Å². The van der Waals surface area contributed by atoms with Gasteiger partial charge in [0, 0.05) is 41.0 Å². The average molecular weight is 525 g/mol. The number of hydrogen-bond acceptors (Lipinski definition) is 8. The minimum absolute atomic E-state index is 0.0152. The van der Waals surface area contributed by atoms with Gasteiger partial charge in [0.2, 0.25) is 11.9 Å². The maximum absolute atomic E-state index is 12.4. The van der Waals surface area contributed by atoms with Gasteiger partial charge in [0.05, 0.1) is 37.3 Å². The van der Waals surface area contributed by atoms with Crippen LogP contribution in [0, 0.1) is 12.8 Å². The first-order chi connectivity index (χ1) is 18.0. The van der Waals surface area contributed by atoms with Crippen molar-refractivity contribution in [2.45, 2.75) is 50.6 Å². The van der Waals surface area contributed by atoms with Crippen molar-refractivity contribution in [3.05, 3.63) is 52.8 Å². The van der Waals surface area contributed by atoms with Crippen LogP contribution in [0.25, 0.3) is 10.9 Å². The predicted octanol–water partition coefficient (Wildman–Crippen LogP) is 3.66. The summed E-state index contributed by atoms with van der Waals surface area (Å²) in [6.45, 7) is 3.52. The van der Waals surface area contributed by atoms with Crippen LogP contribution in [0.4, 0.5) is 11.8 Å². The molecule has 2 fully saturated rings. The summed E-state index contributed by atoms with van der Waals surface area (Å²) in [6, 6.07) is 8.50. The molecule has 9 nitrogen and oxygen atoms in total. The second-order valence-electron chi connectivity index (χ2n) is 10.1. The van der Waals surface area contributed by atoms with E-state index >= 15 is 0 Å². The Labute approximate surface area is 221 Å². The first-order valence-corrected chi connectivity index (χ1v) is 13.2.